The Morgan fingerprint density at radius 1 is 1.21 bits per heavy atom. The largest absolute Gasteiger partial charge is 0.459 e. The number of aryl methyl sites for hydroxylation is 1. The smallest absolute Gasteiger partial charge is 0.343 e. The van der Waals surface area contributed by atoms with Gasteiger partial charge < -0.3 is 15.0 Å². The van der Waals surface area contributed by atoms with Gasteiger partial charge in [0.25, 0.3) is 0 Å². The van der Waals surface area contributed by atoms with Gasteiger partial charge in [-0.25, -0.2) is 14.5 Å². The topological polar surface area (TPSA) is 84.6 Å². The number of halogens is 1. The standard InChI is InChI=1S/C37H45FN6O2S/c1-9-27(34-39-22-43(42-34)30-11-13-31(14-12-30)46-37(7,8)38)20-28-21-29(19-25(28)5)40-35(45)41-36-44(26(6)16-17-47-36)33-18-24(4)10-15-32(33)23(2)3/h9-15,18,20,22-23,26,29H,5,16-17,19,21H2,1-4,6-8H3,(H,40,45)/b27-9+,28-20-,41-36-. The lowest BCUT2D eigenvalue weighted by atomic mass is 9.98. The third-order valence-corrected chi connectivity index (χ3v) is 9.26. The van der Waals surface area contributed by atoms with Crippen LogP contribution in [0.2, 0.25) is 0 Å². The summed E-state index contributed by atoms with van der Waals surface area (Å²) in [7, 11) is 0. The summed E-state index contributed by atoms with van der Waals surface area (Å²) in [4.78, 5) is 24.7. The van der Waals surface area contributed by atoms with E-state index in [1.54, 1.807) is 47.0 Å². The highest BCUT2D eigenvalue weighted by atomic mass is 32.2. The summed E-state index contributed by atoms with van der Waals surface area (Å²) in [5, 5.41) is 8.55. The summed E-state index contributed by atoms with van der Waals surface area (Å²) in [5.41, 5.74) is 7.22. The third kappa shape index (κ3) is 8.41. The van der Waals surface area contributed by atoms with E-state index >= 15 is 0 Å². The van der Waals surface area contributed by atoms with E-state index in [1.165, 1.54) is 25.0 Å². The second-order valence-electron chi connectivity index (χ2n) is 13.0. The lowest BCUT2D eigenvalue weighted by Gasteiger charge is -2.37. The molecule has 2 atom stereocenters. The van der Waals surface area contributed by atoms with E-state index in [0.29, 0.717) is 30.3 Å². The molecule has 1 aliphatic heterocycles. The maximum atomic E-state index is 13.8. The number of amidine groups is 1. The Labute approximate surface area is 281 Å². The second kappa shape index (κ2) is 14.3. The molecule has 0 radical (unpaired) electrons. The molecule has 1 aromatic heterocycles. The number of rotatable bonds is 8. The first-order valence-electron chi connectivity index (χ1n) is 16.2. The highest BCUT2D eigenvalue weighted by Gasteiger charge is 2.30. The molecule has 47 heavy (non-hydrogen) atoms. The molecule has 0 bridgehead atoms. The number of hydrogen-bond acceptors (Lipinski definition) is 5. The Balaban J connectivity index is 1.27. The minimum Gasteiger partial charge on any atom is -0.459 e. The summed E-state index contributed by atoms with van der Waals surface area (Å²) < 4.78 is 20.8. The Hall–Kier alpha value is -4.18. The number of nitrogens with zero attached hydrogens (tertiary/aromatic N) is 5. The number of carbonyl (C=O) groups is 1. The molecule has 2 aromatic carbocycles. The summed E-state index contributed by atoms with van der Waals surface area (Å²) in [6.07, 6.45) is 7.97. The Morgan fingerprint density at radius 2 is 1.96 bits per heavy atom. The van der Waals surface area contributed by atoms with Gasteiger partial charge in [0.05, 0.1) is 5.69 Å². The minimum absolute atomic E-state index is 0.103. The molecule has 0 spiro atoms. The van der Waals surface area contributed by atoms with Gasteiger partial charge in [-0.1, -0.05) is 50.4 Å². The molecular weight excluding hydrogens is 612 g/mol. The number of aromatic nitrogens is 3. The summed E-state index contributed by atoms with van der Waals surface area (Å²) in [5.74, 6) is 0.515. The van der Waals surface area contributed by atoms with Crippen LogP contribution in [-0.4, -0.2) is 49.7 Å². The zero-order chi connectivity index (χ0) is 33.9. The number of aliphatic imine (C=N–C) groups is 1. The normalized spacial score (nSPS) is 20.8. The summed E-state index contributed by atoms with van der Waals surface area (Å²) in [6, 6.07) is 13.4. The molecule has 3 aromatic rings. The van der Waals surface area contributed by atoms with E-state index in [4.69, 9.17) is 4.74 Å². The molecule has 2 unspecified atom stereocenters. The zero-order valence-corrected chi connectivity index (χ0v) is 29.2. The van der Waals surface area contributed by atoms with Gasteiger partial charge in [-0.2, -0.15) is 9.38 Å². The van der Waals surface area contributed by atoms with Crippen LogP contribution in [0.15, 0.2) is 83.7 Å². The number of nitrogens with one attached hydrogen (secondary N) is 1. The quantitative estimate of drug-likeness (QED) is 0.261. The van der Waals surface area contributed by atoms with Crippen LogP contribution in [0.5, 0.6) is 5.75 Å². The fourth-order valence-electron chi connectivity index (χ4n) is 5.88. The van der Waals surface area contributed by atoms with Crippen LogP contribution >= 0.6 is 11.8 Å². The van der Waals surface area contributed by atoms with Crippen LogP contribution in [0.25, 0.3) is 11.3 Å². The van der Waals surface area contributed by atoms with Gasteiger partial charge in [-0.05, 0) is 105 Å². The van der Waals surface area contributed by atoms with Gasteiger partial charge in [-0.15, -0.1) is 5.10 Å². The number of urea groups is 1. The van der Waals surface area contributed by atoms with Gasteiger partial charge in [-0.3, -0.25) is 0 Å². The lowest BCUT2D eigenvalue weighted by Crippen LogP contribution is -2.43. The fraction of sp³-hybridized carbons (Fsp3) is 0.405. The zero-order valence-electron chi connectivity index (χ0n) is 28.4. The van der Waals surface area contributed by atoms with Crippen LogP contribution in [0.4, 0.5) is 14.9 Å². The molecule has 1 saturated carbocycles. The number of allylic oxidation sites excluding steroid dienone is 3. The van der Waals surface area contributed by atoms with E-state index in [9.17, 15) is 9.18 Å². The highest BCUT2D eigenvalue weighted by molar-refractivity contribution is 8.14. The van der Waals surface area contributed by atoms with Crippen molar-refractivity contribution in [3.63, 3.8) is 0 Å². The summed E-state index contributed by atoms with van der Waals surface area (Å²) in [6.45, 7) is 17.7. The van der Waals surface area contributed by atoms with Crippen LogP contribution < -0.4 is 15.0 Å². The number of carbonyl (C=O) groups excluding carboxylic acids is 1. The SMILES string of the molecule is C=C1CC(NC(=O)/N=C2\SCCC(C)N2c2cc(C)ccc2C(C)C)C/C1=C/C(=C\C)c1ncn(-c2ccc(OC(C)(C)F)cc2)n1. The van der Waals surface area contributed by atoms with Crippen molar-refractivity contribution in [1.29, 1.82) is 0 Å². The first kappa shape index (κ1) is 34.2. The highest BCUT2D eigenvalue weighted by Crippen LogP contribution is 2.36. The van der Waals surface area contributed by atoms with Crippen molar-refractivity contribution in [3.05, 3.63) is 95.6 Å². The number of hydrogen-bond donors (Lipinski definition) is 1. The predicted molar refractivity (Wildman–Crippen MR) is 191 cm³/mol. The Bertz CT molecular complexity index is 1720. The van der Waals surface area contributed by atoms with Crippen molar-refractivity contribution in [2.45, 2.75) is 91.6 Å². The monoisotopic (exact) mass is 656 g/mol. The number of thioether (sulfide) groups is 1. The van der Waals surface area contributed by atoms with Gasteiger partial charge in [0.1, 0.15) is 12.1 Å². The van der Waals surface area contributed by atoms with Crippen molar-refractivity contribution >= 4 is 34.2 Å². The number of anilines is 1. The first-order chi connectivity index (χ1) is 22.3. The maximum Gasteiger partial charge on any atom is 0.343 e. The van der Waals surface area contributed by atoms with Crippen LogP contribution in [0, 0.1) is 6.92 Å². The molecule has 8 nitrogen and oxygen atoms in total. The van der Waals surface area contributed by atoms with E-state index in [0.717, 1.165) is 45.4 Å². The molecular formula is C37H45FN6O2S. The van der Waals surface area contributed by atoms with E-state index in [-0.39, 0.29) is 18.1 Å². The van der Waals surface area contributed by atoms with Crippen molar-refractivity contribution < 1.29 is 13.9 Å². The number of benzene rings is 2. The molecule has 2 aliphatic rings. The molecule has 2 heterocycles. The van der Waals surface area contributed by atoms with Crippen molar-refractivity contribution in [2.75, 3.05) is 10.7 Å². The molecule has 1 saturated heterocycles. The van der Waals surface area contributed by atoms with E-state index in [2.05, 4.69) is 77.8 Å². The lowest BCUT2D eigenvalue weighted by molar-refractivity contribution is -0.0257. The average Bonchev–Trinajstić information content (AvgIpc) is 3.61. The van der Waals surface area contributed by atoms with Crippen molar-refractivity contribution in [1.82, 2.24) is 20.1 Å². The molecule has 10 heteroatoms. The number of alkyl halides is 1. The second-order valence-corrected chi connectivity index (χ2v) is 14.1. The third-order valence-electron chi connectivity index (χ3n) is 8.27. The van der Waals surface area contributed by atoms with Gasteiger partial charge in [0, 0.05) is 42.9 Å². The van der Waals surface area contributed by atoms with Crippen molar-refractivity contribution in [2.24, 2.45) is 4.99 Å². The molecule has 248 valence electrons. The molecule has 5 rings (SSSR count). The Morgan fingerprint density at radius 3 is 2.64 bits per heavy atom. The molecule has 2 fully saturated rings. The maximum absolute atomic E-state index is 13.8. The van der Waals surface area contributed by atoms with Crippen LogP contribution in [0.3, 0.4) is 0 Å². The predicted octanol–water partition coefficient (Wildman–Crippen LogP) is 8.93. The average molecular weight is 657 g/mol. The molecule has 2 amide bonds. The van der Waals surface area contributed by atoms with Gasteiger partial charge >= 0.3 is 6.03 Å². The minimum atomic E-state index is -1.76. The fourth-order valence-corrected chi connectivity index (χ4v) is 7.09. The van der Waals surface area contributed by atoms with Gasteiger partial charge in [0.15, 0.2) is 11.0 Å². The van der Waals surface area contributed by atoms with Gasteiger partial charge in [0.2, 0.25) is 5.85 Å². The molecule has 1 aliphatic carbocycles. The summed E-state index contributed by atoms with van der Waals surface area (Å²) >= 11 is 1.64. The van der Waals surface area contributed by atoms with Crippen LogP contribution in [0.1, 0.15) is 83.7 Å². The molecule has 1 N–H and O–H groups in total. The number of amides is 2. The first-order valence-corrected chi connectivity index (χ1v) is 17.2. The van der Waals surface area contributed by atoms with E-state index < -0.39 is 5.85 Å². The van der Waals surface area contributed by atoms with Crippen LogP contribution in [-0.2, 0) is 0 Å². The van der Waals surface area contributed by atoms with Crippen molar-refractivity contribution in [3.8, 4) is 11.4 Å². The Kier molecular flexibility index (Phi) is 10.4. The number of ether oxygens (including phenoxy) is 1. The van der Waals surface area contributed by atoms with E-state index in [1.807, 2.05) is 19.1 Å².